The third-order valence-corrected chi connectivity index (χ3v) is 9.07. The minimum Gasteiger partial charge on any atom is -0.362 e. The Labute approximate surface area is 261 Å². The number of nitrogens with one attached hydrogen (secondary N) is 3. The highest BCUT2D eigenvalue weighted by Gasteiger charge is 2.31. The third-order valence-electron chi connectivity index (χ3n) is 7.84. The summed E-state index contributed by atoms with van der Waals surface area (Å²) in [4.78, 5) is 26.0. The Morgan fingerprint density at radius 3 is 2.25 bits per heavy atom. The van der Waals surface area contributed by atoms with Crippen LogP contribution in [0.15, 0.2) is 53.6 Å². The van der Waals surface area contributed by atoms with Gasteiger partial charge < -0.3 is 10.6 Å². The molecule has 3 aromatic heterocycles. The molecule has 0 aliphatic carbocycles. The van der Waals surface area contributed by atoms with E-state index in [4.69, 9.17) is 4.98 Å². The number of rotatable bonds is 9. The lowest BCUT2D eigenvalue weighted by Gasteiger charge is -2.24. The molecule has 9 nitrogen and oxygen atoms in total. The van der Waals surface area contributed by atoms with Crippen molar-refractivity contribution in [3.63, 3.8) is 0 Å². The molecular formula is C33H45FN6O3S. The van der Waals surface area contributed by atoms with Crippen molar-refractivity contribution in [3.8, 4) is 0 Å². The molecule has 238 valence electrons. The molecule has 1 aliphatic heterocycles. The van der Waals surface area contributed by atoms with E-state index in [0.717, 1.165) is 37.2 Å². The summed E-state index contributed by atoms with van der Waals surface area (Å²) in [5, 5.41) is 6.61. The molecule has 3 N–H and O–H groups in total. The number of carbonyl (C=O) groups excluding carboxylic acids is 1. The highest BCUT2D eigenvalue weighted by atomic mass is 32.2. The first-order valence-electron chi connectivity index (χ1n) is 15.0. The lowest BCUT2D eigenvalue weighted by atomic mass is 9.90. The molecule has 44 heavy (non-hydrogen) atoms. The van der Waals surface area contributed by atoms with Gasteiger partial charge in [-0.3, -0.25) is 9.78 Å². The van der Waals surface area contributed by atoms with E-state index in [1.165, 1.54) is 18.2 Å². The molecule has 1 saturated heterocycles. The zero-order valence-electron chi connectivity index (χ0n) is 27.0. The Kier molecular flexibility index (Phi) is 9.51. The van der Waals surface area contributed by atoms with Crippen molar-refractivity contribution < 1.29 is 17.6 Å². The fourth-order valence-corrected chi connectivity index (χ4v) is 6.26. The summed E-state index contributed by atoms with van der Waals surface area (Å²) >= 11 is 0. The lowest BCUT2D eigenvalue weighted by Crippen LogP contribution is -2.32. The molecule has 2 atom stereocenters. The minimum absolute atomic E-state index is 0.0975. The SMILES string of the molecule is CC1(C)C[C@H](CCC(Nc2cccc(S(=O)(=O)NC(=O)c3ccc(C(C)(C)C)nc3F)n2)c2cccc(C(C)(C)C)n2)CN1. The van der Waals surface area contributed by atoms with E-state index in [1.54, 1.807) is 12.1 Å². The van der Waals surface area contributed by atoms with Crippen LogP contribution in [0.25, 0.3) is 0 Å². The summed E-state index contributed by atoms with van der Waals surface area (Å²) in [5.41, 5.74) is 1.28. The number of halogens is 1. The maximum atomic E-state index is 14.7. The van der Waals surface area contributed by atoms with Crippen LogP contribution in [0.2, 0.25) is 0 Å². The van der Waals surface area contributed by atoms with E-state index < -0.39 is 32.9 Å². The van der Waals surface area contributed by atoms with E-state index in [-0.39, 0.29) is 22.0 Å². The molecule has 0 spiro atoms. The van der Waals surface area contributed by atoms with E-state index in [9.17, 15) is 17.6 Å². The van der Waals surface area contributed by atoms with Crippen LogP contribution in [0, 0.1) is 11.9 Å². The Bertz CT molecular complexity index is 1610. The lowest BCUT2D eigenvalue weighted by molar-refractivity contribution is 0.0976. The van der Waals surface area contributed by atoms with E-state index in [2.05, 4.69) is 55.2 Å². The molecule has 1 aliphatic rings. The smallest absolute Gasteiger partial charge is 0.281 e. The number of hydrogen-bond acceptors (Lipinski definition) is 8. The van der Waals surface area contributed by atoms with Crippen LogP contribution in [-0.4, -0.2) is 41.4 Å². The molecule has 3 aromatic rings. The van der Waals surface area contributed by atoms with Crippen molar-refractivity contribution in [2.45, 2.75) is 102 Å². The van der Waals surface area contributed by atoms with Gasteiger partial charge in [-0.2, -0.15) is 12.8 Å². The molecule has 0 bridgehead atoms. The zero-order valence-corrected chi connectivity index (χ0v) is 27.8. The molecule has 1 unspecified atom stereocenters. The monoisotopic (exact) mass is 624 g/mol. The number of sulfonamides is 1. The summed E-state index contributed by atoms with van der Waals surface area (Å²) in [6, 6.07) is 13.0. The van der Waals surface area contributed by atoms with Crippen LogP contribution in [0.3, 0.4) is 0 Å². The van der Waals surface area contributed by atoms with E-state index in [0.29, 0.717) is 17.4 Å². The summed E-state index contributed by atoms with van der Waals surface area (Å²) in [6.07, 6.45) is 2.77. The van der Waals surface area contributed by atoms with Crippen molar-refractivity contribution >= 4 is 21.7 Å². The fourth-order valence-electron chi connectivity index (χ4n) is 5.32. The average molecular weight is 625 g/mol. The average Bonchev–Trinajstić information content (AvgIpc) is 3.28. The molecule has 1 fully saturated rings. The number of hydrogen-bond donors (Lipinski definition) is 3. The first kappa shape index (κ1) is 33.5. The van der Waals surface area contributed by atoms with Gasteiger partial charge in [-0.15, -0.1) is 0 Å². The van der Waals surface area contributed by atoms with E-state index in [1.807, 2.05) is 43.7 Å². The van der Waals surface area contributed by atoms with Gasteiger partial charge in [0, 0.05) is 27.8 Å². The molecular weight excluding hydrogens is 579 g/mol. The maximum absolute atomic E-state index is 14.7. The van der Waals surface area contributed by atoms with Crippen LogP contribution in [0.4, 0.5) is 10.2 Å². The molecule has 4 heterocycles. The Morgan fingerprint density at radius 1 is 0.977 bits per heavy atom. The largest absolute Gasteiger partial charge is 0.362 e. The van der Waals surface area contributed by atoms with Crippen LogP contribution < -0.4 is 15.4 Å². The van der Waals surface area contributed by atoms with Crippen LogP contribution in [-0.2, 0) is 20.9 Å². The molecule has 0 radical (unpaired) electrons. The standard InChI is InChI=1S/C33H45FN6O3S/c1-31(2,3)25-12-9-11-23(36-25)24(17-15-21-19-33(7,8)35-20-21)37-27-13-10-14-28(39-27)44(42,43)40-30(41)22-16-18-26(32(4,5)6)38-29(22)34/h9-14,16,18,21,24,35H,15,17,19-20H2,1-8H3,(H,37,39)(H,40,41)/t21-,24?/m0/s1. The zero-order chi connectivity index (χ0) is 32.5. The second kappa shape index (κ2) is 12.5. The van der Waals surface area contributed by atoms with Gasteiger partial charge in [-0.1, -0.05) is 53.7 Å². The number of aromatic nitrogens is 3. The fraction of sp³-hybridized carbons (Fsp3) is 0.515. The van der Waals surface area contributed by atoms with Crippen LogP contribution in [0.5, 0.6) is 0 Å². The summed E-state index contributed by atoms with van der Waals surface area (Å²) in [5.74, 6) is -1.34. The van der Waals surface area contributed by atoms with Gasteiger partial charge in [0.1, 0.15) is 5.82 Å². The number of nitrogens with zero attached hydrogens (tertiary/aromatic N) is 3. The summed E-state index contributed by atoms with van der Waals surface area (Å²) < 4.78 is 43.0. The molecule has 0 saturated carbocycles. The van der Waals surface area contributed by atoms with Gasteiger partial charge in [0.2, 0.25) is 5.95 Å². The number of anilines is 1. The molecule has 11 heteroatoms. The Hall–Kier alpha value is -3.44. The van der Waals surface area contributed by atoms with Gasteiger partial charge in [0.05, 0.1) is 17.3 Å². The first-order valence-corrected chi connectivity index (χ1v) is 16.5. The second-order valence-corrected chi connectivity index (χ2v) is 16.0. The number of carbonyl (C=O) groups is 1. The van der Waals surface area contributed by atoms with Crippen molar-refractivity contribution in [1.29, 1.82) is 0 Å². The molecule has 4 rings (SSSR count). The van der Waals surface area contributed by atoms with Crippen molar-refractivity contribution in [3.05, 3.63) is 77.1 Å². The predicted octanol–water partition coefficient (Wildman–Crippen LogP) is 6.05. The number of pyridine rings is 3. The second-order valence-electron chi connectivity index (χ2n) is 14.4. The van der Waals surface area contributed by atoms with Gasteiger partial charge in [-0.25, -0.2) is 14.7 Å². The van der Waals surface area contributed by atoms with Gasteiger partial charge in [0.15, 0.2) is 5.03 Å². The van der Waals surface area contributed by atoms with Crippen molar-refractivity contribution in [2.24, 2.45) is 5.92 Å². The summed E-state index contributed by atoms with van der Waals surface area (Å²) in [6.45, 7) is 17.3. The highest BCUT2D eigenvalue weighted by Crippen LogP contribution is 2.32. The molecule has 1 amide bonds. The Balaban J connectivity index is 1.56. The summed E-state index contributed by atoms with van der Waals surface area (Å²) in [7, 11) is -4.42. The van der Waals surface area contributed by atoms with Crippen LogP contribution in [0.1, 0.15) is 108 Å². The third kappa shape index (κ3) is 8.38. The van der Waals surface area contributed by atoms with Gasteiger partial charge in [-0.05, 0) is 82.0 Å². The van der Waals surface area contributed by atoms with Crippen molar-refractivity contribution in [2.75, 3.05) is 11.9 Å². The first-order chi connectivity index (χ1) is 20.3. The van der Waals surface area contributed by atoms with Gasteiger partial charge in [0.25, 0.3) is 15.9 Å². The highest BCUT2D eigenvalue weighted by molar-refractivity contribution is 7.90. The topological polar surface area (TPSA) is 126 Å². The minimum atomic E-state index is -4.42. The quantitative estimate of drug-likeness (QED) is 0.246. The normalized spacial score (nSPS) is 17.7. The van der Waals surface area contributed by atoms with Crippen LogP contribution >= 0.6 is 0 Å². The van der Waals surface area contributed by atoms with Crippen molar-refractivity contribution in [1.82, 2.24) is 25.0 Å². The molecule has 0 aromatic carbocycles. The number of amides is 1. The van der Waals surface area contributed by atoms with Gasteiger partial charge >= 0.3 is 0 Å². The predicted molar refractivity (Wildman–Crippen MR) is 171 cm³/mol. The van der Waals surface area contributed by atoms with E-state index >= 15 is 0 Å². The maximum Gasteiger partial charge on any atom is 0.281 e. The Morgan fingerprint density at radius 2 is 1.64 bits per heavy atom.